The zero-order valence-corrected chi connectivity index (χ0v) is 13.2. The molecule has 0 aliphatic carbocycles. The van der Waals surface area contributed by atoms with Gasteiger partial charge in [0.1, 0.15) is 6.04 Å². The standard InChI is InChI=1S/C14H21N5O3/c1-9-15-13(22-16-9)12-8-18(5-4-17(12)3)14(21)11-6-19(7-11)10(2)20/h11-12H,4-8H2,1-3H3. The van der Waals surface area contributed by atoms with E-state index in [4.69, 9.17) is 4.52 Å². The molecule has 3 heterocycles. The summed E-state index contributed by atoms with van der Waals surface area (Å²) in [5.74, 6) is 1.23. The first-order valence-corrected chi connectivity index (χ1v) is 7.50. The molecule has 0 N–H and O–H groups in total. The highest BCUT2D eigenvalue weighted by atomic mass is 16.5. The van der Waals surface area contributed by atoms with Crippen molar-refractivity contribution in [1.82, 2.24) is 24.8 Å². The largest absolute Gasteiger partial charge is 0.341 e. The summed E-state index contributed by atoms with van der Waals surface area (Å²) in [7, 11) is 1.99. The lowest BCUT2D eigenvalue weighted by molar-refractivity contribution is -0.149. The Kier molecular flexibility index (Phi) is 3.86. The van der Waals surface area contributed by atoms with Crippen LogP contribution in [0.3, 0.4) is 0 Å². The summed E-state index contributed by atoms with van der Waals surface area (Å²) in [6.45, 7) is 6.38. The van der Waals surface area contributed by atoms with Gasteiger partial charge in [0.05, 0.1) is 5.92 Å². The number of likely N-dealkylation sites (N-methyl/N-ethyl adjacent to an activating group) is 1. The molecule has 8 heteroatoms. The Morgan fingerprint density at radius 2 is 1.91 bits per heavy atom. The number of aryl methyl sites for hydroxylation is 1. The summed E-state index contributed by atoms with van der Waals surface area (Å²) in [5, 5.41) is 3.83. The van der Waals surface area contributed by atoms with Crippen molar-refractivity contribution in [3.05, 3.63) is 11.7 Å². The highest BCUT2D eigenvalue weighted by Gasteiger charge is 2.39. The van der Waals surface area contributed by atoms with Gasteiger partial charge in [-0.15, -0.1) is 0 Å². The summed E-state index contributed by atoms with van der Waals surface area (Å²) < 4.78 is 5.26. The van der Waals surface area contributed by atoms with Crippen LogP contribution in [-0.4, -0.2) is 76.4 Å². The van der Waals surface area contributed by atoms with Crippen LogP contribution >= 0.6 is 0 Å². The smallest absolute Gasteiger partial charge is 0.245 e. The van der Waals surface area contributed by atoms with Crippen LogP contribution in [0.1, 0.15) is 24.7 Å². The molecule has 0 spiro atoms. The summed E-state index contributed by atoms with van der Waals surface area (Å²) in [6, 6.07) is -0.0668. The molecule has 0 saturated carbocycles. The number of amides is 2. The van der Waals surface area contributed by atoms with Gasteiger partial charge in [-0.1, -0.05) is 5.16 Å². The number of nitrogens with zero attached hydrogens (tertiary/aromatic N) is 5. The molecule has 1 aromatic rings. The van der Waals surface area contributed by atoms with Gasteiger partial charge in [0.25, 0.3) is 0 Å². The quantitative estimate of drug-likeness (QED) is 0.744. The number of carbonyl (C=O) groups excluding carboxylic acids is 2. The Balaban J connectivity index is 1.63. The summed E-state index contributed by atoms with van der Waals surface area (Å²) in [4.78, 5) is 33.7. The van der Waals surface area contributed by atoms with E-state index in [0.717, 1.165) is 6.54 Å². The molecule has 2 fully saturated rings. The van der Waals surface area contributed by atoms with Crippen LogP contribution in [-0.2, 0) is 9.59 Å². The maximum absolute atomic E-state index is 12.5. The molecule has 1 atom stereocenters. The zero-order valence-electron chi connectivity index (χ0n) is 13.2. The zero-order chi connectivity index (χ0) is 15.9. The number of likely N-dealkylation sites (tertiary alicyclic amines) is 1. The Bertz CT molecular complexity index is 581. The molecule has 2 aliphatic rings. The Labute approximate surface area is 129 Å². The van der Waals surface area contributed by atoms with E-state index in [1.54, 1.807) is 11.8 Å². The highest BCUT2D eigenvalue weighted by Crippen LogP contribution is 2.25. The number of hydrogen-bond acceptors (Lipinski definition) is 6. The number of carbonyl (C=O) groups is 2. The van der Waals surface area contributed by atoms with Gasteiger partial charge in [0.2, 0.25) is 17.7 Å². The van der Waals surface area contributed by atoms with Crippen LogP contribution in [0.5, 0.6) is 0 Å². The molecular formula is C14H21N5O3. The third-order valence-electron chi connectivity index (χ3n) is 4.46. The molecule has 2 amide bonds. The molecule has 0 bridgehead atoms. The molecular weight excluding hydrogens is 286 g/mol. The van der Waals surface area contributed by atoms with Crippen LogP contribution in [0.15, 0.2) is 4.52 Å². The lowest BCUT2D eigenvalue weighted by atomic mass is 9.97. The van der Waals surface area contributed by atoms with E-state index in [-0.39, 0.29) is 23.8 Å². The highest BCUT2D eigenvalue weighted by molar-refractivity contribution is 5.83. The van der Waals surface area contributed by atoms with Gasteiger partial charge in [-0.05, 0) is 14.0 Å². The molecule has 8 nitrogen and oxygen atoms in total. The fourth-order valence-electron chi connectivity index (χ4n) is 2.94. The van der Waals surface area contributed by atoms with E-state index in [1.807, 2.05) is 11.9 Å². The first-order chi connectivity index (χ1) is 10.5. The number of aromatic nitrogens is 2. The van der Waals surface area contributed by atoms with E-state index in [0.29, 0.717) is 37.9 Å². The van der Waals surface area contributed by atoms with Gasteiger partial charge >= 0.3 is 0 Å². The first-order valence-electron chi connectivity index (χ1n) is 7.50. The van der Waals surface area contributed by atoms with Crippen molar-refractivity contribution in [1.29, 1.82) is 0 Å². The van der Waals surface area contributed by atoms with Gasteiger partial charge in [-0.3, -0.25) is 14.5 Å². The molecule has 1 aromatic heterocycles. The van der Waals surface area contributed by atoms with Crippen LogP contribution in [0.25, 0.3) is 0 Å². The van der Waals surface area contributed by atoms with Crippen LogP contribution in [0.2, 0.25) is 0 Å². The van der Waals surface area contributed by atoms with E-state index in [1.165, 1.54) is 6.92 Å². The van der Waals surface area contributed by atoms with E-state index in [9.17, 15) is 9.59 Å². The van der Waals surface area contributed by atoms with Crippen LogP contribution in [0.4, 0.5) is 0 Å². The fourth-order valence-corrected chi connectivity index (χ4v) is 2.94. The minimum absolute atomic E-state index is 0.0293. The second kappa shape index (κ2) is 5.68. The maximum Gasteiger partial charge on any atom is 0.245 e. The lowest BCUT2D eigenvalue weighted by Crippen LogP contribution is -2.58. The number of rotatable bonds is 2. The molecule has 2 saturated heterocycles. The van der Waals surface area contributed by atoms with Crippen molar-refractivity contribution in [2.45, 2.75) is 19.9 Å². The Morgan fingerprint density at radius 3 is 2.50 bits per heavy atom. The van der Waals surface area contributed by atoms with E-state index in [2.05, 4.69) is 15.0 Å². The monoisotopic (exact) mass is 307 g/mol. The molecule has 22 heavy (non-hydrogen) atoms. The molecule has 0 aromatic carbocycles. The first kappa shape index (κ1) is 15.0. The van der Waals surface area contributed by atoms with Gasteiger partial charge < -0.3 is 14.3 Å². The Morgan fingerprint density at radius 1 is 1.18 bits per heavy atom. The number of piperazine rings is 1. The fraction of sp³-hybridized carbons (Fsp3) is 0.714. The number of hydrogen-bond donors (Lipinski definition) is 0. The van der Waals surface area contributed by atoms with Crippen molar-refractivity contribution in [3.63, 3.8) is 0 Å². The lowest BCUT2D eigenvalue weighted by Gasteiger charge is -2.43. The topological polar surface area (TPSA) is 82.8 Å². The van der Waals surface area contributed by atoms with Crippen molar-refractivity contribution in [2.75, 3.05) is 39.8 Å². The van der Waals surface area contributed by atoms with Crippen molar-refractivity contribution < 1.29 is 14.1 Å². The predicted octanol–water partition coefficient (Wildman–Crippen LogP) is -0.329. The maximum atomic E-state index is 12.5. The minimum Gasteiger partial charge on any atom is -0.341 e. The molecule has 3 rings (SSSR count). The van der Waals surface area contributed by atoms with Gasteiger partial charge in [0.15, 0.2) is 5.82 Å². The van der Waals surface area contributed by atoms with Crippen LogP contribution in [0, 0.1) is 12.8 Å². The summed E-state index contributed by atoms with van der Waals surface area (Å²) in [5.41, 5.74) is 0. The Hall–Kier alpha value is -1.96. The van der Waals surface area contributed by atoms with Gasteiger partial charge in [-0.2, -0.15) is 4.98 Å². The second-order valence-corrected chi connectivity index (χ2v) is 6.08. The summed E-state index contributed by atoms with van der Waals surface area (Å²) >= 11 is 0. The SMILES string of the molecule is CC(=O)N1CC(C(=O)N2CCN(C)C(c3nc(C)no3)C2)C1. The minimum atomic E-state index is -0.0719. The van der Waals surface area contributed by atoms with Gasteiger partial charge in [0, 0.05) is 39.6 Å². The van der Waals surface area contributed by atoms with Crippen LogP contribution < -0.4 is 0 Å². The van der Waals surface area contributed by atoms with Crippen molar-refractivity contribution in [3.8, 4) is 0 Å². The van der Waals surface area contributed by atoms with E-state index < -0.39 is 0 Å². The molecule has 120 valence electrons. The third-order valence-corrected chi connectivity index (χ3v) is 4.46. The molecule has 0 radical (unpaired) electrons. The van der Waals surface area contributed by atoms with Gasteiger partial charge in [-0.25, -0.2) is 0 Å². The van der Waals surface area contributed by atoms with Crippen molar-refractivity contribution in [2.24, 2.45) is 5.92 Å². The summed E-state index contributed by atoms with van der Waals surface area (Å²) in [6.07, 6.45) is 0. The average Bonchev–Trinajstić information content (AvgIpc) is 2.83. The van der Waals surface area contributed by atoms with E-state index >= 15 is 0 Å². The molecule has 2 aliphatic heterocycles. The normalized spacial score (nSPS) is 23.5. The second-order valence-electron chi connectivity index (χ2n) is 6.08. The predicted molar refractivity (Wildman–Crippen MR) is 76.7 cm³/mol. The van der Waals surface area contributed by atoms with Crippen molar-refractivity contribution >= 4 is 11.8 Å². The molecule has 1 unspecified atom stereocenters. The average molecular weight is 307 g/mol. The third kappa shape index (κ3) is 2.70.